The van der Waals surface area contributed by atoms with E-state index in [1.54, 1.807) is 42.3 Å². The Morgan fingerprint density at radius 1 is 1.10 bits per heavy atom. The third kappa shape index (κ3) is 6.41. The number of hydrogen-bond donors (Lipinski definition) is 1. The molecule has 0 aliphatic heterocycles. The van der Waals surface area contributed by atoms with E-state index >= 15 is 0 Å². The Morgan fingerprint density at radius 2 is 1.83 bits per heavy atom. The van der Waals surface area contributed by atoms with E-state index in [0.29, 0.717) is 17.8 Å². The summed E-state index contributed by atoms with van der Waals surface area (Å²) in [5, 5.41) is 2.78. The second kappa shape index (κ2) is 10.5. The maximum absolute atomic E-state index is 12.4. The Hall–Kier alpha value is -3.20. The number of aryl methyl sites for hydroxylation is 1. The van der Waals surface area contributed by atoms with Crippen LogP contribution in [-0.2, 0) is 16.1 Å². The summed E-state index contributed by atoms with van der Waals surface area (Å²) in [5.74, 6) is -0.637. The molecule has 0 spiro atoms. The van der Waals surface area contributed by atoms with Crippen molar-refractivity contribution in [3.8, 4) is 11.5 Å². The largest absolute Gasteiger partial charge is 0.493 e. The Morgan fingerprint density at radius 3 is 2.47 bits per heavy atom. The molecular weight excluding hydrogens is 398 g/mol. The van der Waals surface area contributed by atoms with Crippen molar-refractivity contribution >= 4 is 17.6 Å². The van der Waals surface area contributed by atoms with Crippen LogP contribution in [0.5, 0.6) is 11.5 Å². The maximum atomic E-state index is 12.4. The van der Waals surface area contributed by atoms with Crippen LogP contribution in [0.25, 0.3) is 0 Å². The number of halogens is 2. The van der Waals surface area contributed by atoms with Gasteiger partial charge >= 0.3 is 12.6 Å². The highest BCUT2D eigenvalue weighted by molar-refractivity contribution is 5.96. The van der Waals surface area contributed by atoms with Crippen LogP contribution >= 0.6 is 0 Å². The number of rotatable bonds is 9. The van der Waals surface area contributed by atoms with Crippen molar-refractivity contribution in [2.45, 2.75) is 20.1 Å². The zero-order valence-corrected chi connectivity index (χ0v) is 17.2. The van der Waals surface area contributed by atoms with Gasteiger partial charge in [0.05, 0.1) is 26.3 Å². The van der Waals surface area contributed by atoms with E-state index in [1.807, 2.05) is 6.92 Å². The molecule has 9 heteroatoms. The lowest BCUT2D eigenvalue weighted by molar-refractivity contribution is -0.117. The summed E-state index contributed by atoms with van der Waals surface area (Å²) in [4.78, 5) is 25.8. The lowest BCUT2D eigenvalue weighted by atomic mass is 10.1. The fourth-order valence-corrected chi connectivity index (χ4v) is 2.81. The average Bonchev–Trinajstić information content (AvgIpc) is 2.69. The van der Waals surface area contributed by atoms with Crippen molar-refractivity contribution in [2.24, 2.45) is 0 Å². The quantitative estimate of drug-likeness (QED) is 0.624. The van der Waals surface area contributed by atoms with Gasteiger partial charge in [-0.05, 0) is 49.4 Å². The van der Waals surface area contributed by atoms with Gasteiger partial charge < -0.3 is 19.5 Å². The minimum atomic E-state index is -2.95. The van der Waals surface area contributed by atoms with Crippen LogP contribution in [0.1, 0.15) is 21.5 Å². The number of nitrogens with one attached hydrogen (secondary N) is 1. The van der Waals surface area contributed by atoms with Crippen molar-refractivity contribution in [3.63, 3.8) is 0 Å². The first-order valence-electron chi connectivity index (χ1n) is 9.02. The molecule has 30 heavy (non-hydrogen) atoms. The van der Waals surface area contributed by atoms with Crippen molar-refractivity contribution in [2.75, 3.05) is 33.1 Å². The Balaban J connectivity index is 2.00. The summed E-state index contributed by atoms with van der Waals surface area (Å²) >= 11 is 0. The highest BCUT2D eigenvalue weighted by Gasteiger charge is 2.14. The van der Waals surface area contributed by atoms with Crippen molar-refractivity contribution in [1.29, 1.82) is 0 Å². The van der Waals surface area contributed by atoms with Crippen molar-refractivity contribution in [3.05, 3.63) is 53.1 Å². The highest BCUT2D eigenvalue weighted by Crippen LogP contribution is 2.29. The normalized spacial score (nSPS) is 10.8. The lowest BCUT2D eigenvalue weighted by Crippen LogP contribution is -2.30. The van der Waals surface area contributed by atoms with Gasteiger partial charge in [-0.3, -0.25) is 9.69 Å². The number of amides is 1. The predicted molar refractivity (Wildman–Crippen MR) is 107 cm³/mol. The van der Waals surface area contributed by atoms with E-state index in [2.05, 4.69) is 10.1 Å². The van der Waals surface area contributed by atoms with Crippen LogP contribution in [0.3, 0.4) is 0 Å². The van der Waals surface area contributed by atoms with Gasteiger partial charge in [0.25, 0.3) is 0 Å². The minimum Gasteiger partial charge on any atom is -0.493 e. The number of methoxy groups -OCH3 is 2. The van der Waals surface area contributed by atoms with E-state index < -0.39 is 12.6 Å². The van der Waals surface area contributed by atoms with Gasteiger partial charge in [0.2, 0.25) is 5.91 Å². The first-order valence-corrected chi connectivity index (χ1v) is 9.02. The lowest BCUT2D eigenvalue weighted by Gasteiger charge is -2.18. The summed E-state index contributed by atoms with van der Waals surface area (Å²) in [7, 11) is 4.39. The van der Waals surface area contributed by atoms with Crippen LogP contribution in [0.15, 0.2) is 36.4 Å². The number of likely N-dealkylation sites (N-methyl/N-ethyl adjacent to an activating group) is 1. The third-order valence-electron chi connectivity index (χ3n) is 4.24. The van der Waals surface area contributed by atoms with E-state index in [0.717, 1.165) is 11.1 Å². The number of carbonyl (C=O) groups is 2. The highest BCUT2D eigenvalue weighted by atomic mass is 19.3. The van der Waals surface area contributed by atoms with Gasteiger partial charge in [0, 0.05) is 12.2 Å². The van der Waals surface area contributed by atoms with Crippen molar-refractivity contribution in [1.82, 2.24) is 4.90 Å². The molecule has 0 aliphatic rings. The van der Waals surface area contributed by atoms with Crippen molar-refractivity contribution < 1.29 is 32.6 Å². The van der Waals surface area contributed by atoms with Crippen LogP contribution in [0, 0.1) is 6.92 Å². The van der Waals surface area contributed by atoms with Gasteiger partial charge in [-0.25, -0.2) is 4.79 Å². The Kier molecular flexibility index (Phi) is 8.11. The predicted octanol–water partition coefficient (Wildman–Crippen LogP) is 3.46. The molecule has 2 rings (SSSR count). The molecule has 0 fully saturated rings. The first-order chi connectivity index (χ1) is 14.2. The molecule has 1 N–H and O–H groups in total. The van der Waals surface area contributed by atoms with Gasteiger partial charge in [0.15, 0.2) is 11.5 Å². The summed E-state index contributed by atoms with van der Waals surface area (Å²) in [6.45, 7) is -0.688. The number of carbonyl (C=O) groups excluding carboxylic acids is 2. The van der Waals surface area contributed by atoms with Crippen LogP contribution in [0.4, 0.5) is 14.5 Å². The standard InChI is InChI=1S/C21H24F2N2O5/c1-13-5-7-15(20(27)29-4)10-16(13)24-19(26)12-25(2)11-14-6-8-17(30-21(22)23)18(9-14)28-3/h5-10,21H,11-12H2,1-4H3,(H,24,26). The van der Waals surface area contributed by atoms with Gasteiger partial charge in [-0.1, -0.05) is 12.1 Å². The molecule has 0 bridgehead atoms. The molecule has 0 unspecified atom stereocenters. The fourth-order valence-electron chi connectivity index (χ4n) is 2.81. The average molecular weight is 422 g/mol. The summed E-state index contributed by atoms with van der Waals surface area (Å²) in [6.07, 6.45) is 0. The monoisotopic (exact) mass is 422 g/mol. The number of anilines is 1. The minimum absolute atomic E-state index is 0.0578. The van der Waals surface area contributed by atoms with E-state index in [1.165, 1.54) is 20.3 Å². The summed E-state index contributed by atoms with van der Waals surface area (Å²) < 4.78 is 39.0. The van der Waals surface area contributed by atoms with Crippen LogP contribution in [-0.4, -0.2) is 51.2 Å². The zero-order chi connectivity index (χ0) is 22.3. The first kappa shape index (κ1) is 23.1. The molecule has 1 amide bonds. The molecule has 0 atom stereocenters. The molecule has 0 saturated carbocycles. The van der Waals surface area contributed by atoms with Crippen LogP contribution in [0.2, 0.25) is 0 Å². The Labute approximate surface area is 173 Å². The molecule has 0 heterocycles. The zero-order valence-electron chi connectivity index (χ0n) is 17.2. The SMILES string of the molecule is COC(=O)c1ccc(C)c(NC(=O)CN(C)Cc2ccc(OC(F)F)c(OC)c2)c1. The molecule has 7 nitrogen and oxygen atoms in total. The molecule has 162 valence electrons. The smallest absolute Gasteiger partial charge is 0.387 e. The summed E-state index contributed by atoms with van der Waals surface area (Å²) in [5.41, 5.74) is 2.42. The molecule has 0 radical (unpaired) electrons. The molecule has 0 aromatic heterocycles. The van der Waals surface area contributed by atoms with Gasteiger partial charge in [-0.15, -0.1) is 0 Å². The van der Waals surface area contributed by atoms with Crippen LogP contribution < -0.4 is 14.8 Å². The number of nitrogens with zero attached hydrogens (tertiary/aromatic N) is 1. The molecule has 0 saturated heterocycles. The molecule has 0 aliphatic carbocycles. The molecule has 2 aromatic rings. The summed E-state index contributed by atoms with van der Waals surface area (Å²) in [6, 6.07) is 9.51. The molecular formula is C21H24F2N2O5. The second-order valence-electron chi connectivity index (χ2n) is 6.61. The third-order valence-corrected chi connectivity index (χ3v) is 4.24. The molecule has 2 aromatic carbocycles. The fraction of sp³-hybridized carbons (Fsp3) is 0.333. The Bertz CT molecular complexity index is 905. The van der Waals surface area contributed by atoms with E-state index in [4.69, 9.17) is 9.47 Å². The second-order valence-corrected chi connectivity index (χ2v) is 6.61. The topological polar surface area (TPSA) is 77.1 Å². The van der Waals surface area contributed by atoms with E-state index in [9.17, 15) is 18.4 Å². The van der Waals surface area contributed by atoms with Gasteiger partial charge in [0.1, 0.15) is 0 Å². The maximum Gasteiger partial charge on any atom is 0.387 e. The number of benzene rings is 2. The number of alkyl halides is 2. The number of ether oxygens (including phenoxy) is 3. The van der Waals surface area contributed by atoms with E-state index in [-0.39, 0.29) is 24.0 Å². The number of hydrogen-bond acceptors (Lipinski definition) is 6. The number of esters is 1. The van der Waals surface area contributed by atoms with Gasteiger partial charge in [-0.2, -0.15) is 8.78 Å².